The van der Waals surface area contributed by atoms with Gasteiger partial charge in [0.15, 0.2) is 5.96 Å². The third-order valence-corrected chi connectivity index (χ3v) is 2.81. The van der Waals surface area contributed by atoms with Crippen molar-refractivity contribution in [2.45, 2.75) is 0 Å². The standard InChI is InChI=1S/C16H20N6O/c17-15(18)22-16(19)21-14-9-5-4-8-13(14)20-10-11-23-12-6-2-1-3-7-12/h1-9,20H,10-11H2,(H6,17,18,19,21,22). The van der Waals surface area contributed by atoms with Gasteiger partial charge in [0.1, 0.15) is 12.4 Å². The predicted octanol–water partition coefficient (Wildman–Crippen LogP) is 1.40. The van der Waals surface area contributed by atoms with Gasteiger partial charge in [-0.05, 0) is 24.3 Å². The lowest BCUT2D eigenvalue weighted by atomic mass is 10.2. The monoisotopic (exact) mass is 312 g/mol. The SMILES string of the molecule is NC(N)=NC(N)=Nc1ccccc1NCCOc1ccccc1. The van der Waals surface area contributed by atoms with Crippen molar-refractivity contribution in [3.63, 3.8) is 0 Å². The van der Waals surface area contributed by atoms with Crippen molar-refractivity contribution in [3.05, 3.63) is 54.6 Å². The summed E-state index contributed by atoms with van der Waals surface area (Å²) in [5.41, 5.74) is 17.7. The van der Waals surface area contributed by atoms with Gasteiger partial charge < -0.3 is 27.3 Å². The van der Waals surface area contributed by atoms with Crippen molar-refractivity contribution in [2.75, 3.05) is 18.5 Å². The second-order valence-electron chi connectivity index (χ2n) is 4.61. The molecule has 0 aliphatic rings. The third kappa shape index (κ3) is 5.58. The number of benzene rings is 2. The van der Waals surface area contributed by atoms with Crippen molar-refractivity contribution in [3.8, 4) is 5.75 Å². The van der Waals surface area contributed by atoms with E-state index >= 15 is 0 Å². The molecule has 0 fully saturated rings. The number of nitrogens with zero attached hydrogens (tertiary/aromatic N) is 2. The zero-order chi connectivity index (χ0) is 16.5. The summed E-state index contributed by atoms with van der Waals surface area (Å²) >= 11 is 0. The Labute approximate surface area is 134 Å². The summed E-state index contributed by atoms with van der Waals surface area (Å²) in [5.74, 6) is 0.699. The van der Waals surface area contributed by atoms with E-state index in [0.717, 1.165) is 11.4 Å². The number of hydrogen-bond acceptors (Lipinski definition) is 3. The van der Waals surface area contributed by atoms with E-state index in [1.807, 2.05) is 54.6 Å². The second kappa shape index (κ2) is 8.28. The number of hydrogen-bond donors (Lipinski definition) is 4. The number of nitrogens with one attached hydrogen (secondary N) is 1. The highest BCUT2D eigenvalue weighted by Crippen LogP contribution is 2.24. The molecule has 0 spiro atoms. The first-order chi connectivity index (χ1) is 11.1. The molecule has 7 N–H and O–H groups in total. The molecule has 0 aromatic heterocycles. The molecule has 7 heteroatoms. The molecule has 0 bridgehead atoms. The normalized spacial score (nSPS) is 10.9. The molecule has 2 aromatic carbocycles. The van der Waals surface area contributed by atoms with Crippen LogP contribution in [0.5, 0.6) is 5.75 Å². The van der Waals surface area contributed by atoms with E-state index in [-0.39, 0.29) is 11.9 Å². The van der Waals surface area contributed by atoms with Crippen molar-refractivity contribution >= 4 is 23.3 Å². The van der Waals surface area contributed by atoms with Crippen LogP contribution in [0.3, 0.4) is 0 Å². The largest absolute Gasteiger partial charge is 0.492 e. The maximum atomic E-state index is 5.66. The van der Waals surface area contributed by atoms with E-state index in [1.54, 1.807) is 0 Å². The van der Waals surface area contributed by atoms with Crippen molar-refractivity contribution in [1.82, 2.24) is 0 Å². The number of rotatable bonds is 6. The fourth-order valence-electron chi connectivity index (χ4n) is 1.87. The summed E-state index contributed by atoms with van der Waals surface area (Å²) in [6.07, 6.45) is 0. The maximum absolute atomic E-state index is 5.66. The predicted molar refractivity (Wildman–Crippen MR) is 94.0 cm³/mol. The molecule has 0 aliphatic heterocycles. The number of anilines is 1. The van der Waals surface area contributed by atoms with Gasteiger partial charge in [-0.15, -0.1) is 0 Å². The van der Waals surface area contributed by atoms with Gasteiger partial charge in [0.25, 0.3) is 0 Å². The van der Waals surface area contributed by atoms with Gasteiger partial charge in [-0.3, -0.25) is 0 Å². The van der Waals surface area contributed by atoms with Gasteiger partial charge >= 0.3 is 0 Å². The minimum absolute atomic E-state index is 0.000199. The molecule has 23 heavy (non-hydrogen) atoms. The van der Waals surface area contributed by atoms with Crippen LogP contribution in [0, 0.1) is 0 Å². The van der Waals surface area contributed by atoms with Crippen LogP contribution < -0.4 is 27.3 Å². The average molecular weight is 312 g/mol. The highest BCUT2D eigenvalue weighted by atomic mass is 16.5. The Kier molecular flexibility index (Phi) is 5.81. The minimum Gasteiger partial charge on any atom is -0.492 e. The van der Waals surface area contributed by atoms with Gasteiger partial charge in [-0.1, -0.05) is 30.3 Å². The van der Waals surface area contributed by atoms with Gasteiger partial charge in [0, 0.05) is 6.54 Å². The molecule has 0 unspecified atom stereocenters. The van der Waals surface area contributed by atoms with Crippen LogP contribution >= 0.6 is 0 Å². The highest BCUT2D eigenvalue weighted by molar-refractivity contribution is 5.94. The molecular formula is C16H20N6O. The quantitative estimate of drug-likeness (QED) is 0.364. The number of aliphatic imine (C=N–C) groups is 2. The number of ether oxygens (including phenoxy) is 1. The molecule has 2 rings (SSSR count). The van der Waals surface area contributed by atoms with E-state index in [2.05, 4.69) is 15.3 Å². The highest BCUT2D eigenvalue weighted by Gasteiger charge is 2.01. The Morgan fingerprint density at radius 3 is 2.39 bits per heavy atom. The molecule has 0 amide bonds. The van der Waals surface area contributed by atoms with Crippen molar-refractivity contribution < 1.29 is 4.74 Å². The first-order valence-corrected chi connectivity index (χ1v) is 7.09. The van der Waals surface area contributed by atoms with Crippen LogP contribution in [0.4, 0.5) is 11.4 Å². The molecule has 120 valence electrons. The van der Waals surface area contributed by atoms with Crippen LogP contribution in [0.25, 0.3) is 0 Å². The minimum atomic E-state index is -0.132. The summed E-state index contributed by atoms with van der Waals surface area (Å²) in [6.45, 7) is 1.13. The summed E-state index contributed by atoms with van der Waals surface area (Å²) in [5, 5.41) is 3.24. The van der Waals surface area contributed by atoms with Gasteiger partial charge in [-0.25, -0.2) is 4.99 Å². The zero-order valence-corrected chi connectivity index (χ0v) is 12.6. The van der Waals surface area contributed by atoms with E-state index in [0.29, 0.717) is 18.8 Å². The van der Waals surface area contributed by atoms with Gasteiger partial charge in [-0.2, -0.15) is 4.99 Å². The van der Waals surface area contributed by atoms with E-state index in [1.165, 1.54) is 0 Å². The molecule has 0 heterocycles. The summed E-state index contributed by atoms with van der Waals surface area (Å²) < 4.78 is 5.62. The first-order valence-electron chi connectivity index (χ1n) is 7.09. The Morgan fingerprint density at radius 1 is 0.957 bits per heavy atom. The first kappa shape index (κ1) is 16.2. The Balaban J connectivity index is 1.94. The van der Waals surface area contributed by atoms with Crippen LogP contribution in [0.2, 0.25) is 0 Å². The van der Waals surface area contributed by atoms with E-state index in [9.17, 15) is 0 Å². The fraction of sp³-hybridized carbons (Fsp3) is 0.125. The number of nitrogens with two attached hydrogens (primary N) is 3. The van der Waals surface area contributed by atoms with Crippen LogP contribution in [-0.4, -0.2) is 25.1 Å². The zero-order valence-electron chi connectivity index (χ0n) is 12.6. The topological polar surface area (TPSA) is 124 Å². The van der Waals surface area contributed by atoms with Gasteiger partial charge in [0.2, 0.25) is 5.96 Å². The molecule has 0 saturated carbocycles. The lowest BCUT2D eigenvalue weighted by Crippen LogP contribution is -2.26. The molecule has 0 aliphatic carbocycles. The van der Waals surface area contributed by atoms with Crippen molar-refractivity contribution in [2.24, 2.45) is 27.2 Å². The molecule has 0 radical (unpaired) electrons. The molecule has 0 saturated heterocycles. The smallest absolute Gasteiger partial charge is 0.223 e. The average Bonchev–Trinajstić information content (AvgIpc) is 2.53. The van der Waals surface area contributed by atoms with Crippen molar-refractivity contribution in [1.29, 1.82) is 0 Å². The fourth-order valence-corrected chi connectivity index (χ4v) is 1.87. The third-order valence-electron chi connectivity index (χ3n) is 2.81. The summed E-state index contributed by atoms with van der Waals surface area (Å²) in [6, 6.07) is 17.1. The lowest BCUT2D eigenvalue weighted by Gasteiger charge is -2.10. The maximum Gasteiger partial charge on any atom is 0.223 e. The Hall–Kier alpha value is -3.22. The number of para-hydroxylation sites is 3. The molecule has 2 aromatic rings. The Bertz CT molecular complexity index is 680. The Morgan fingerprint density at radius 2 is 1.65 bits per heavy atom. The molecule has 7 nitrogen and oxygen atoms in total. The number of guanidine groups is 2. The van der Waals surface area contributed by atoms with Crippen LogP contribution in [0.15, 0.2) is 64.6 Å². The van der Waals surface area contributed by atoms with Crippen LogP contribution in [0.1, 0.15) is 0 Å². The summed E-state index contributed by atoms with van der Waals surface area (Å²) in [7, 11) is 0. The van der Waals surface area contributed by atoms with Crippen LogP contribution in [-0.2, 0) is 0 Å². The molecule has 0 atom stereocenters. The van der Waals surface area contributed by atoms with Gasteiger partial charge in [0.05, 0.1) is 11.4 Å². The lowest BCUT2D eigenvalue weighted by molar-refractivity contribution is 0.333. The van der Waals surface area contributed by atoms with E-state index < -0.39 is 0 Å². The summed E-state index contributed by atoms with van der Waals surface area (Å²) in [4.78, 5) is 7.88. The second-order valence-corrected chi connectivity index (χ2v) is 4.61. The van der Waals surface area contributed by atoms with E-state index in [4.69, 9.17) is 21.9 Å². The molecular weight excluding hydrogens is 292 g/mol.